The van der Waals surface area contributed by atoms with Gasteiger partial charge in [0.15, 0.2) is 17.5 Å². The quantitative estimate of drug-likeness (QED) is 0.176. The molecule has 0 fully saturated rings. The molecule has 11 aromatic rings. The molecule has 0 atom stereocenters. The highest BCUT2D eigenvalue weighted by Crippen LogP contribution is 2.41. The number of benzene rings is 7. The molecule has 0 radical (unpaired) electrons. The summed E-state index contributed by atoms with van der Waals surface area (Å²) >= 11 is 0. The average Bonchev–Trinajstić information content (AvgIpc) is 3.78. The topological polar surface area (TPSA) is 60.9 Å². The first-order valence-corrected chi connectivity index (χ1v) is 17.4. The Balaban J connectivity index is 1.15. The molecule has 0 amide bonds. The van der Waals surface area contributed by atoms with Crippen molar-refractivity contribution >= 4 is 60.2 Å². The smallest absolute Gasteiger partial charge is 0.164 e. The number of hydrogen-bond acceptors (Lipinski definition) is 4. The number of pyridine rings is 1. The number of rotatable bonds is 4. The highest BCUT2D eigenvalue weighted by molar-refractivity contribution is 6.26. The molecule has 0 aliphatic heterocycles. The molecule has 0 saturated carbocycles. The third-order valence-corrected chi connectivity index (χ3v) is 10.1. The SMILES string of the molecule is c1ccc(-c2nc(-c3ccccc3)nc(-c3ccc(-n4c5ccccc5c5c4ccc4c6ccccc6c6nc7ccccc7n6c45)cc3)n2)cc1. The van der Waals surface area contributed by atoms with Crippen molar-refractivity contribution in [3.8, 4) is 39.9 Å². The standard InChI is InChI=1S/C46H28N6/c1-3-13-29(14-4-1)43-48-44(30-15-5-2-6-16-30)50-45(49-43)31-23-25-32(26-24-31)51-38-21-11-9-19-36(38)41-40(51)28-27-34-33-17-7-8-18-35(33)46-47-37-20-10-12-22-39(37)52(46)42(34)41/h1-28H. The van der Waals surface area contributed by atoms with Crippen LogP contribution in [0.5, 0.6) is 0 Å². The summed E-state index contributed by atoms with van der Waals surface area (Å²) in [4.78, 5) is 20.0. The molecule has 11 rings (SSSR count). The van der Waals surface area contributed by atoms with Crippen LogP contribution in [0.25, 0.3) is 100 Å². The van der Waals surface area contributed by atoms with Gasteiger partial charge < -0.3 is 4.57 Å². The molecule has 242 valence electrons. The van der Waals surface area contributed by atoms with E-state index in [0.717, 1.165) is 55.5 Å². The Kier molecular flexibility index (Phi) is 6.15. The van der Waals surface area contributed by atoms with Crippen molar-refractivity contribution in [2.24, 2.45) is 0 Å². The van der Waals surface area contributed by atoms with E-state index in [1.807, 2.05) is 60.7 Å². The molecule has 0 aliphatic carbocycles. The van der Waals surface area contributed by atoms with Crippen LogP contribution in [-0.4, -0.2) is 28.9 Å². The maximum absolute atomic E-state index is 5.17. The van der Waals surface area contributed by atoms with E-state index in [1.54, 1.807) is 0 Å². The van der Waals surface area contributed by atoms with Crippen molar-refractivity contribution in [1.82, 2.24) is 28.9 Å². The molecular formula is C46H28N6. The number of aromatic nitrogens is 6. The van der Waals surface area contributed by atoms with Crippen molar-refractivity contribution in [2.75, 3.05) is 0 Å². The van der Waals surface area contributed by atoms with Gasteiger partial charge in [-0.1, -0.05) is 121 Å². The minimum Gasteiger partial charge on any atom is -0.309 e. The van der Waals surface area contributed by atoms with Crippen LogP contribution in [0.2, 0.25) is 0 Å². The third kappa shape index (κ3) is 4.25. The summed E-state index contributed by atoms with van der Waals surface area (Å²) in [6.07, 6.45) is 0. The van der Waals surface area contributed by atoms with E-state index in [0.29, 0.717) is 17.5 Å². The number of imidazole rings is 1. The molecular weight excluding hydrogens is 637 g/mol. The number of fused-ring (bicyclic) bond motifs is 12. The fraction of sp³-hybridized carbons (Fsp3) is 0. The number of nitrogens with zero attached hydrogens (tertiary/aromatic N) is 6. The summed E-state index contributed by atoms with van der Waals surface area (Å²) in [6.45, 7) is 0. The third-order valence-electron chi connectivity index (χ3n) is 10.1. The van der Waals surface area contributed by atoms with Gasteiger partial charge in [-0.05, 0) is 53.9 Å². The van der Waals surface area contributed by atoms with Crippen molar-refractivity contribution in [2.45, 2.75) is 0 Å². The molecule has 52 heavy (non-hydrogen) atoms. The normalized spacial score (nSPS) is 11.8. The lowest BCUT2D eigenvalue weighted by Gasteiger charge is -2.12. The Labute approximate surface area is 297 Å². The monoisotopic (exact) mass is 664 g/mol. The minimum atomic E-state index is 0.633. The first kappa shape index (κ1) is 28.6. The van der Waals surface area contributed by atoms with Gasteiger partial charge in [0.05, 0.1) is 27.6 Å². The summed E-state index contributed by atoms with van der Waals surface area (Å²) < 4.78 is 4.73. The van der Waals surface area contributed by atoms with Crippen molar-refractivity contribution in [1.29, 1.82) is 0 Å². The average molecular weight is 665 g/mol. The maximum atomic E-state index is 5.17. The van der Waals surface area contributed by atoms with Gasteiger partial charge in [0, 0.05) is 43.9 Å². The molecule has 0 spiro atoms. The first-order chi connectivity index (χ1) is 25.8. The van der Waals surface area contributed by atoms with Gasteiger partial charge in [-0.2, -0.15) is 0 Å². The van der Waals surface area contributed by atoms with E-state index in [4.69, 9.17) is 19.9 Å². The molecule has 6 nitrogen and oxygen atoms in total. The first-order valence-electron chi connectivity index (χ1n) is 17.4. The second-order valence-corrected chi connectivity index (χ2v) is 13.1. The Morgan fingerprint density at radius 1 is 0.346 bits per heavy atom. The molecule has 4 aromatic heterocycles. The molecule has 0 saturated heterocycles. The lowest BCUT2D eigenvalue weighted by atomic mass is 10.0. The van der Waals surface area contributed by atoms with Gasteiger partial charge in [0.1, 0.15) is 5.65 Å². The Bertz CT molecular complexity index is 3100. The van der Waals surface area contributed by atoms with Crippen LogP contribution in [0, 0.1) is 0 Å². The Morgan fingerprint density at radius 2 is 0.885 bits per heavy atom. The molecule has 4 heterocycles. The minimum absolute atomic E-state index is 0.633. The summed E-state index contributed by atoms with van der Waals surface area (Å²) in [7, 11) is 0. The zero-order chi connectivity index (χ0) is 34.2. The van der Waals surface area contributed by atoms with E-state index in [9.17, 15) is 0 Å². The number of para-hydroxylation sites is 3. The van der Waals surface area contributed by atoms with Crippen LogP contribution >= 0.6 is 0 Å². The van der Waals surface area contributed by atoms with Crippen LogP contribution < -0.4 is 0 Å². The lowest BCUT2D eigenvalue weighted by molar-refractivity contribution is 1.07. The van der Waals surface area contributed by atoms with Gasteiger partial charge in [-0.15, -0.1) is 0 Å². The van der Waals surface area contributed by atoms with Crippen molar-refractivity contribution < 1.29 is 0 Å². The summed E-state index contributed by atoms with van der Waals surface area (Å²) in [5.74, 6) is 1.93. The van der Waals surface area contributed by atoms with Gasteiger partial charge in [-0.3, -0.25) is 4.40 Å². The van der Waals surface area contributed by atoms with Crippen LogP contribution in [0.3, 0.4) is 0 Å². The molecule has 0 N–H and O–H groups in total. The van der Waals surface area contributed by atoms with Crippen LogP contribution in [0.15, 0.2) is 170 Å². The highest BCUT2D eigenvalue weighted by Gasteiger charge is 2.21. The van der Waals surface area contributed by atoms with E-state index in [-0.39, 0.29) is 0 Å². The van der Waals surface area contributed by atoms with Gasteiger partial charge in [0.25, 0.3) is 0 Å². The zero-order valence-electron chi connectivity index (χ0n) is 27.8. The van der Waals surface area contributed by atoms with Gasteiger partial charge in [0.2, 0.25) is 0 Å². The van der Waals surface area contributed by atoms with Gasteiger partial charge in [-0.25, -0.2) is 19.9 Å². The molecule has 0 unspecified atom stereocenters. The number of hydrogen-bond donors (Lipinski definition) is 0. The summed E-state index contributed by atoms with van der Waals surface area (Å²) in [6, 6.07) is 59.0. The van der Waals surface area contributed by atoms with Crippen LogP contribution in [0.1, 0.15) is 0 Å². The van der Waals surface area contributed by atoms with E-state index in [2.05, 4.69) is 118 Å². The lowest BCUT2D eigenvalue weighted by Crippen LogP contribution is -2.00. The second-order valence-electron chi connectivity index (χ2n) is 13.1. The molecule has 0 aliphatic rings. The summed E-state index contributed by atoms with van der Waals surface area (Å²) in [5.41, 5.74) is 10.4. The molecule has 7 aromatic carbocycles. The predicted molar refractivity (Wildman–Crippen MR) is 212 cm³/mol. The second kappa shape index (κ2) is 11.2. The Morgan fingerprint density at radius 3 is 1.56 bits per heavy atom. The zero-order valence-corrected chi connectivity index (χ0v) is 27.8. The molecule has 6 heteroatoms. The fourth-order valence-electron chi connectivity index (χ4n) is 7.81. The maximum Gasteiger partial charge on any atom is 0.164 e. The summed E-state index contributed by atoms with van der Waals surface area (Å²) in [5, 5.41) is 5.95. The Hall–Kier alpha value is -7.18. The van der Waals surface area contributed by atoms with Crippen LogP contribution in [0.4, 0.5) is 0 Å². The highest BCUT2D eigenvalue weighted by atomic mass is 15.0. The van der Waals surface area contributed by atoms with Gasteiger partial charge >= 0.3 is 0 Å². The predicted octanol–water partition coefficient (Wildman–Crippen LogP) is 11.1. The fourth-order valence-corrected chi connectivity index (χ4v) is 7.81. The van der Waals surface area contributed by atoms with E-state index < -0.39 is 0 Å². The molecule has 0 bridgehead atoms. The van der Waals surface area contributed by atoms with E-state index in [1.165, 1.54) is 27.1 Å². The van der Waals surface area contributed by atoms with Crippen LogP contribution in [-0.2, 0) is 0 Å². The van der Waals surface area contributed by atoms with Crippen molar-refractivity contribution in [3.05, 3.63) is 170 Å². The largest absolute Gasteiger partial charge is 0.309 e. The van der Waals surface area contributed by atoms with E-state index >= 15 is 0 Å². The van der Waals surface area contributed by atoms with Crippen molar-refractivity contribution in [3.63, 3.8) is 0 Å².